The number of hydrogen-bond donors (Lipinski definition) is 1. The molecule has 0 aliphatic heterocycles. The van der Waals surface area contributed by atoms with Crippen LogP contribution < -0.4 is 5.73 Å². The fraction of sp³-hybridized carbons (Fsp3) is 0.250. The van der Waals surface area contributed by atoms with Crippen molar-refractivity contribution >= 4 is 16.7 Å². The number of hydrogen-bond acceptors (Lipinski definition) is 3. The topological polar surface area (TPSA) is 56.7 Å². The second-order valence-electron chi connectivity index (χ2n) is 5.91. The highest BCUT2D eigenvalue weighted by molar-refractivity contribution is 5.80. The lowest BCUT2D eigenvalue weighted by molar-refractivity contribution is 0.412. The Morgan fingerprint density at radius 1 is 1.05 bits per heavy atom. The van der Waals surface area contributed by atoms with Crippen LogP contribution in [0.15, 0.2) is 42.6 Å². The number of pyridine rings is 1. The van der Waals surface area contributed by atoms with E-state index in [1.165, 1.54) is 0 Å². The van der Waals surface area contributed by atoms with Crippen molar-refractivity contribution in [2.45, 2.75) is 26.3 Å². The molecule has 2 N–H and O–H groups in total. The highest BCUT2D eigenvalue weighted by Gasteiger charge is 2.22. The van der Waals surface area contributed by atoms with E-state index in [1.54, 1.807) is 6.20 Å². The average Bonchev–Trinajstić information content (AvgIpc) is 2.78. The predicted molar refractivity (Wildman–Crippen MR) is 82.4 cm³/mol. The number of nitrogens with two attached hydrogens (primary N) is 1. The van der Waals surface area contributed by atoms with E-state index in [2.05, 4.69) is 36.4 Å². The van der Waals surface area contributed by atoms with Crippen molar-refractivity contribution in [3.63, 3.8) is 0 Å². The van der Waals surface area contributed by atoms with Gasteiger partial charge in [0.2, 0.25) is 0 Å². The Morgan fingerprint density at radius 2 is 1.80 bits per heavy atom. The van der Waals surface area contributed by atoms with Crippen LogP contribution >= 0.6 is 0 Å². The van der Waals surface area contributed by atoms with Gasteiger partial charge in [0.25, 0.3) is 0 Å². The third kappa shape index (κ3) is 2.03. The molecule has 4 nitrogen and oxygen atoms in total. The van der Waals surface area contributed by atoms with Crippen molar-refractivity contribution in [2.75, 3.05) is 5.73 Å². The molecular formula is C16H18N4. The Labute approximate surface area is 118 Å². The summed E-state index contributed by atoms with van der Waals surface area (Å²) >= 11 is 0. The van der Waals surface area contributed by atoms with Crippen LogP contribution in [0.1, 0.15) is 20.8 Å². The fourth-order valence-corrected chi connectivity index (χ4v) is 2.41. The van der Waals surface area contributed by atoms with E-state index in [-0.39, 0.29) is 5.54 Å². The van der Waals surface area contributed by atoms with Gasteiger partial charge in [-0.05, 0) is 45.0 Å². The van der Waals surface area contributed by atoms with Gasteiger partial charge >= 0.3 is 0 Å². The maximum atomic E-state index is 5.71. The van der Waals surface area contributed by atoms with Crippen LogP contribution in [-0.4, -0.2) is 14.5 Å². The molecule has 2 aromatic heterocycles. The minimum atomic E-state index is -0.0749. The van der Waals surface area contributed by atoms with Crippen LogP contribution in [0.3, 0.4) is 0 Å². The van der Waals surface area contributed by atoms with Gasteiger partial charge in [-0.3, -0.25) is 4.98 Å². The quantitative estimate of drug-likeness (QED) is 0.734. The van der Waals surface area contributed by atoms with E-state index in [4.69, 9.17) is 10.7 Å². The number of imidazole rings is 1. The zero-order chi connectivity index (χ0) is 14.3. The maximum Gasteiger partial charge on any atom is 0.160 e. The Balaban J connectivity index is 2.32. The Hall–Kier alpha value is -2.36. The zero-order valence-electron chi connectivity index (χ0n) is 12.0. The SMILES string of the molecule is CC(C)(C)n1c(-c2ccc(N)cn2)nc2ccccc21. The monoisotopic (exact) mass is 266 g/mol. The third-order valence-electron chi connectivity index (χ3n) is 3.25. The number of para-hydroxylation sites is 2. The normalized spacial score (nSPS) is 11.9. The summed E-state index contributed by atoms with van der Waals surface area (Å²) in [4.78, 5) is 9.15. The van der Waals surface area contributed by atoms with Crippen molar-refractivity contribution in [1.82, 2.24) is 14.5 Å². The molecular weight excluding hydrogens is 248 g/mol. The molecule has 0 aliphatic rings. The van der Waals surface area contributed by atoms with Gasteiger partial charge in [-0.25, -0.2) is 4.98 Å². The minimum absolute atomic E-state index is 0.0749. The molecule has 0 fully saturated rings. The molecule has 1 aromatic carbocycles. The Bertz CT molecular complexity index is 748. The summed E-state index contributed by atoms with van der Waals surface area (Å²) in [6.45, 7) is 6.51. The van der Waals surface area contributed by atoms with Crippen LogP contribution in [-0.2, 0) is 5.54 Å². The summed E-state index contributed by atoms with van der Waals surface area (Å²) in [5, 5.41) is 0. The van der Waals surface area contributed by atoms with Crippen molar-refractivity contribution < 1.29 is 0 Å². The van der Waals surface area contributed by atoms with Crippen molar-refractivity contribution in [3.8, 4) is 11.5 Å². The number of rotatable bonds is 1. The first kappa shape index (κ1) is 12.7. The average molecular weight is 266 g/mol. The second kappa shape index (κ2) is 4.34. The molecule has 0 aliphatic carbocycles. The second-order valence-corrected chi connectivity index (χ2v) is 5.91. The molecule has 0 radical (unpaired) electrons. The smallest absolute Gasteiger partial charge is 0.160 e. The summed E-state index contributed by atoms with van der Waals surface area (Å²) < 4.78 is 2.22. The lowest BCUT2D eigenvalue weighted by Crippen LogP contribution is -2.22. The standard InChI is InChI=1S/C16H18N4/c1-16(2,3)20-14-7-5-4-6-12(14)19-15(20)13-9-8-11(17)10-18-13/h4-10H,17H2,1-3H3. The van der Waals surface area contributed by atoms with Crippen molar-refractivity contribution in [3.05, 3.63) is 42.6 Å². The van der Waals surface area contributed by atoms with Crippen LogP contribution in [0.25, 0.3) is 22.6 Å². The molecule has 0 bridgehead atoms. The van der Waals surface area contributed by atoms with Gasteiger partial charge in [0, 0.05) is 5.54 Å². The summed E-state index contributed by atoms with van der Waals surface area (Å²) in [6, 6.07) is 11.9. The molecule has 3 rings (SSSR count). The summed E-state index contributed by atoms with van der Waals surface area (Å²) in [5.41, 5.74) is 9.24. The minimum Gasteiger partial charge on any atom is -0.397 e. The lowest BCUT2D eigenvalue weighted by Gasteiger charge is -2.24. The van der Waals surface area contributed by atoms with E-state index >= 15 is 0 Å². The molecule has 0 saturated carbocycles. The Kier molecular flexibility index (Phi) is 2.74. The molecule has 4 heteroatoms. The van der Waals surface area contributed by atoms with Crippen LogP contribution in [0.4, 0.5) is 5.69 Å². The first-order chi connectivity index (χ1) is 9.47. The number of aromatic nitrogens is 3. The van der Waals surface area contributed by atoms with Crippen molar-refractivity contribution in [2.24, 2.45) is 0 Å². The van der Waals surface area contributed by atoms with E-state index in [9.17, 15) is 0 Å². The summed E-state index contributed by atoms with van der Waals surface area (Å²) in [7, 11) is 0. The van der Waals surface area contributed by atoms with Gasteiger partial charge in [-0.2, -0.15) is 0 Å². The third-order valence-corrected chi connectivity index (χ3v) is 3.25. The maximum absolute atomic E-state index is 5.71. The van der Waals surface area contributed by atoms with Gasteiger partial charge in [-0.15, -0.1) is 0 Å². The van der Waals surface area contributed by atoms with Crippen LogP contribution in [0, 0.1) is 0 Å². The van der Waals surface area contributed by atoms with E-state index < -0.39 is 0 Å². The molecule has 0 saturated heterocycles. The van der Waals surface area contributed by atoms with Crippen LogP contribution in [0.5, 0.6) is 0 Å². The van der Waals surface area contributed by atoms with Gasteiger partial charge in [0.1, 0.15) is 5.69 Å². The van der Waals surface area contributed by atoms with Gasteiger partial charge in [0.05, 0.1) is 22.9 Å². The number of fused-ring (bicyclic) bond motifs is 1. The predicted octanol–water partition coefficient (Wildman–Crippen LogP) is 3.44. The summed E-state index contributed by atoms with van der Waals surface area (Å²) in [5.74, 6) is 0.874. The zero-order valence-corrected chi connectivity index (χ0v) is 12.0. The number of benzene rings is 1. The Morgan fingerprint density at radius 3 is 2.45 bits per heavy atom. The molecule has 3 aromatic rings. The molecule has 0 atom stereocenters. The van der Waals surface area contributed by atoms with Gasteiger partial charge < -0.3 is 10.3 Å². The summed E-state index contributed by atoms with van der Waals surface area (Å²) in [6.07, 6.45) is 1.67. The highest BCUT2D eigenvalue weighted by atomic mass is 15.1. The molecule has 2 heterocycles. The first-order valence-corrected chi connectivity index (χ1v) is 6.67. The fourth-order valence-electron chi connectivity index (χ4n) is 2.41. The molecule has 0 spiro atoms. The van der Waals surface area contributed by atoms with E-state index in [1.807, 2.05) is 30.3 Å². The molecule has 0 amide bonds. The molecule has 102 valence electrons. The van der Waals surface area contributed by atoms with E-state index in [0.717, 1.165) is 22.6 Å². The molecule has 20 heavy (non-hydrogen) atoms. The van der Waals surface area contributed by atoms with Gasteiger partial charge in [0.15, 0.2) is 5.82 Å². The van der Waals surface area contributed by atoms with E-state index in [0.29, 0.717) is 5.69 Å². The molecule has 0 unspecified atom stereocenters. The first-order valence-electron chi connectivity index (χ1n) is 6.67. The largest absolute Gasteiger partial charge is 0.397 e. The highest BCUT2D eigenvalue weighted by Crippen LogP contribution is 2.30. The number of nitrogens with zero attached hydrogens (tertiary/aromatic N) is 3. The number of nitrogen functional groups attached to an aromatic ring is 1. The lowest BCUT2D eigenvalue weighted by atomic mass is 10.1. The van der Waals surface area contributed by atoms with Crippen LogP contribution in [0.2, 0.25) is 0 Å². The van der Waals surface area contributed by atoms with Crippen molar-refractivity contribution in [1.29, 1.82) is 0 Å². The number of anilines is 1. The van der Waals surface area contributed by atoms with Gasteiger partial charge in [-0.1, -0.05) is 12.1 Å².